The number of piperazine rings is 1. The van der Waals surface area contributed by atoms with Crippen molar-refractivity contribution in [2.45, 2.75) is 25.5 Å². The molecule has 2 heterocycles. The van der Waals surface area contributed by atoms with E-state index in [2.05, 4.69) is 5.32 Å². The average molecular weight is 269 g/mol. The minimum atomic E-state index is -0.410. The van der Waals surface area contributed by atoms with Crippen molar-refractivity contribution in [1.82, 2.24) is 15.1 Å². The van der Waals surface area contributed by atoms with Gasteiger partial charge in [-0.2, -0.15) is 0 Å². The molecular formula is C13H23N3O3. The van der Waals surface area contributed by atoms with Crippen molar-refractivity contribution < 1.29 is 14.3 Å². The lowest BCUT2D eigenvalue weighted by Crippen LogP contribution is -2.61. The Balaban J connectivity index is 2.10. The summed E-state index contributed by atoms with van der Waals surface area (Å²) >= 11 is 0. The first-order valence-electron chi connectivity index (χ1n) is 6.86. The minimum absolute atomic E-state index is 0.0355. The number of ether oxygens (including phenoxy) is 1. The molecule has 0 aromatic heterocycles. The van der Waals surface area contributed by atoms with Crippen molar-refractivity contribution in [3.8, 4) is 0 Å². The number of likely N-dealkylation sites (N-methyl/N-ethyl adjacent to an activating group) is 1. The van der Waals surface area contributed by atoms with Gasteiger partial charge in [0.2, 0.25) is 5.91 Å². The number of carbonyl (C=O) groups is 2. The van der Waals surface area contributed by atoms with Gasteiger partial charge in [0, 0.05) is 40.3 Å². The lowest BCUT2D eigenvalue weighted by molar-refractivity contribution is -0.152. The molecule has 6 nitrogen and oxygen atoms in total. The average Bonchev–Trinajstić information content (AvgIpc) is 2.83. The molecule has 1 N–H and O–H groups in total. The molecule has 0 saturated carbocycles. The van der Waals surface area contributed by atoms with E-state index in [-0.39, 0.29) is 23.8 Å². The van der Waals surface area contributed by atoms with Crippen LogP contribution in [0, 0.1) is 5.92 Å². The second-order valence-corrected chi connectivity index (χ2v) is 5.54. The van der Waals surface area contributed by atoms with E-state index in [1.165, 1.54) is 4.90 Å². The van der Waals surface area contributed by atoms with Crippen LogP contribution in [-0.4, -0.2) is 74.1 Å². The lowest BCUT2D eigenvalue weighted by atomic mass is 10.0. The molecule has 0 radical (unpaired) electrons. The van der Waals surface area contributed by atoms with Gasteiger partial charge in [0.15, 0.2) is 0 Å². The zero-order valence-corrected chi connectivity index (χ0v) is 11.9. The minimum Gasteiger partial charge on any atom is -0.368 e. The van der Waals surface area contributed by atoms with Crippen LogP contribution in [-0.2, 0) is 14.3 Å². The maximum atomic E-state index is 12.6. The molecule has 2 fully saturated rings. The fourth-order valence-electron chi connectivity index (χ4n) is 2.66. The largest absolute Gasteiger partial charge is 0.368 e. The normalized spacial score (nSPS) is 31.3. The molecule has 19 heavy (non-hydrogen) atoms. The molecule has 2 aliphatic heterocycles. The molecule has 3 unspecified atom stereocenters. The Hall–Kier alpha value is -1.14. The van der Waals surface area contributed by atoms with Crippen molar-refractivity contribution in [3.63, 3.8) is 0 Å². The highest BCUT2D eigenvalue weighted by molar-refractivity contribution is 5.90. The molecule has 2 rings (SSSR count). The van der Waals surface area contributed by atoms with Gasteiger partial charge in [-0.25, -0.2) is 0 Å². The van der Waals surface area contributed by atoms with Crippen molar-refractivity contribution in [3.05, 3.63) is 0 Å². The van der Waals surface area contributed by atoms with Gasteiger partial charge >= 0.3 is 0 Å². The number of carbonyl (C=O) groups excluding carboxylic acids is 2. The first-order valence-corrected chi connectivity index (χ1v) is 6.86. The van der Waals surface area contributed by atoms with Crippen LogP contribution in [0.2, 0.25) is 0 Å². The third kappa shape index (κ3) is 2.90. The third-order valence-electron chi connectivity index (χ3n) is 3.88. The molecule has 0 aromatic carbocycles. The van der Waals surface area contributed by atoms with Crippen molar-refractivity contribution in [1.29, 1.82) is 0 Å². The fourth-order valence-corrected chi connectivity index (χ4v) is 2.66. The highest BCUT2D eigenvalue weighted by atomic mass is 16.5. The van der Waals surface area contributed by atoms with Gasteiger partial charge in [-0.3, -0.25) is 9.59 Å². The molecule has 0 bridgehead atoms. The molecule has 0 aliphatic carbocycles. The molecule has 2 saturated heterocycles. The van der Waals surface area contributed by atoms with Crippen molar-refractivity contribution in [2.75, 3.05) is 40.3 Å². The van der Waals surface area contributed by atoms with E-state index in [4.69, 9.17) is 4.74 Å². The Morgan fingerprint density at radius 2 is 2.11 bits per heavy atom. The molecule has 3 atom stereocenters. The van der Waals surface area contributed by atoms with E-state index in [0.29, 0.717) is 19.7 Å². The monoisotopic (exact) mass is 269 g/mol. The summed E-state index contributed by atoms with van der Waals surface area (Å²) in [6.45, 7) is 4.47. The van der Waals surface area contributed by atoms with Crippen LogP contribution in [0.15, 0.2) is 0 Å². The number of hydrogen-bond acceptors (Lipinski definition) is 4. The summed E-state index contributed by atoms with van der Waals surface area (Å²) in [7, 11) is 3.43. The molecule has 0 spiro atoms. The number of hydrogen-bond donors (Lipinski definition) is 1. The first-order chi connectivity index (χ1) is 9.02. The number of nitrogens with zero attached hydrogens (tertiary/aromatic N) is 2. The van der Waals surface area contributed by atoms with Crippen molar-refractivity contribution in [2.24, 2.45) is 5.92 Å². The summed E-state index contributed by atoms with van der Waals surface area (Å²) in [6, 6.07) is -0.410. The van der Waals surface area contributed by atoms with E-state index >= 15 is 0 Å². The van der Waals surface area contributed by atoms with E-state index < -0.39 is 6.04 Å². The summed E-state index contributed by atoms with van der Waals surface area (Å²) in [4.78, 5) is 27.9. The highest BCUT2D eigenvalue weighted by Gasteiger charge is 2.40. The van der Waals surface area contributed by atoms with Crippen LogP contribution in [0.4, 0.5) is 0 Å². The Kier molecular flexibility index (Phi) is 4.42. The van der Waals surface area contributed by atoms with Gasteiger partial charge in [-0.05, 0) is 12.3 Å². The Labute approximate surface area is 114 Å². The second kappa shape index (κ2) is 5.88. The summed E-state index contributed by atoms with van der Waals surface area (Å²) in [5, 5.41) is 3.18. The fraction of sp³-hybridized carbons (Fsp3) is 0.846. The molecule has 2 amide bonds. The van der Waals surface area contributed by atoms with E-state index in [1.54, 1.807) is 19.0 Å². The first kappa shape index (κ1) is 14.3. The second-order valence-electron chi connectivity index (χ2n) is 5.54. The van der Waals surface area contributed by atoms with Crippen LogP contribution in [0.3, 0.4) is 0 Å². The Bertz CT molecular complexity index is 359. The predicted molar refractivity (Wildman–Crippen MR) is 70.6 cm³/mol. The standard InChI is InChI=1S/C13H23N3O3/c1-9-4-7-19-11(9)13(18)16-6-5-14-8-10(16)12(17)15(2)3/h9-11,14H,4-8H2,1-3H3. The maximum absolute atomic E-state index is 12.6. The lowest BCUT2D eigenvalue weighted by Gasteiger charge is -2.38. The van der Waals surface area contributed by atoms with Gasteiger partial charge in [-0.1, -0.05) is 6.92 Å². The number of amides is 2. The van der Waals surface area contributed by atoms with E-state index in [9.17, 15) is 9.59 Å². The summed E-state index contributed by atoms with van der Waals surface area (Å²) < 4.78 is 5.53. The maximum Gasteiger partial charge on any atom is 0.252 e. The molecule has 2 aliphatic rings. The van der Waals surface area contributed by atoms with Gasteiger partial charge in [0.25, 0.3) is 5.91 Å². The highest BCUT2D eigenvalue weighted by Crippen LogP contribution is 2.23. The van der Waals surface area contributed by atoms with E-state index in [1.807, 2.05) is 6.92 Å². The number of nitrogens with one attached hydrogen (secondary N) is 1. The third-order valence-corrected chi connectivity index (χ3v) is 3.88. The SMILES string of the molecule is CC1CCOC1C(=O)N1CCNCC1C(=O)N(C)C. The van der Waals surface area contributed by atoms with E-state index in [0.717, 1.165) is 13.0 Å². The predicted octanol–water partition coefficient (Wildman–Crippen LogP) is -0.700. The number of rotatable bonds is 2. The van der Waals surface area contributed by atoms with Crippen LogP contribution in [0.1, 0.15) is 13.3 Å². The van der Waals surface area contributed by atoms with Crippen LogP contribution < -0.4 is 5.32 Å². The smallest absolute Gasteiger partial charge is 0.252 e. The van der Waals surface area contributed by atoms with Gasteiger partial charge < -0.3 is 19.9 Å². The Morgan fingerprint density at radius 1 is 1.37 bits per heavy atom. The zero-order valence-electron chi connectivity index (χ0n) is 11.9. The van der Waals surface area contributed by atoms with Gasteiger partial charge in [-0.15, -0.1) is 0 Å². The van der Waals surface area contributed by atoms with Gasteiger partial charge in [0.1, 0.15) is 12.1 Å². The summed E-state index contributed by atoms with van der Waals surface area (Å²) in [5.74, 6) is 0.162. The van der Waals surface area contributed by atoms with Crippen LogP contribution in [0.5, 0.6) is 0 Å². The molecule has 6 heteroatoms. The van der Waals surface area contributed by atoms with Crippen LogP contribution >= 0.6 is 0 Å². The van der Waals surface area contributed by atoms with Crippen LogP contribution in [0.25, 0.3) is 0 Å². The summed E-state index contributed by atoms with van der Waals surface area (Å²) in [6.07, 6.45) is 0.532. The summed E-state index contributed by atoms with van der Waals surface area (Å²) in [5.41, 5.74) is 0. The molecule has 0 aromatic rings. The molecular weight excluding hydrogens is 246 g/mol. The van der Waals surface area contributed by atoms with Crippen molar-refractivity contribution >= 4 is 11.8 Å². The quantitative estimate of drug-likeness (QED) is 0.720. The topological polar surface area (TPSA) is 61.9 Å². The van der Waals surface area contributed by atoms with Gasteiger partial charge in [0.05, 0.1) is 0 Å². The Morgan fingerprint density at radius 3 is 2.68 bits per heavy atom. The molecule has 108 valence electrons. The zero-order chi connectivity index (χ0) is 14.0.